The van der Waals surface area contributed by atoms with E-state index in [4.69, 9.17) is 0 Å². The zero-order chi connectivity index (χ0) is 14.5. The molecule has 0 spiro atoms. The highest BCUT2D eigenvalue weighted by Crippen LogP contribution is 2.24. The Bertz CT molecular complexity index is 368. The number of alkyl halides is 3. The van der Waals surface area contributed by atoms with Gasteiger partial charge in [0.2, 0.25) is 0 Å². The molecule has 0 saturated carbocycles. The summed E-state index contributed by atoms with van der Waals surface area (Å²) in [5, 5.41) is 2.95. The Kier molecular flexibility index (Phi) is 5.99. The lowest BCUT2D eigenvalue weighted by atomic mass is 10.2. The molecule has 1 aliphatic rings. The van der Waals surface area contributed by atoms with Crippen LogP contribution in [0.4, 0.5) is 13.2 Å². The first-order valence-corrected chi connectivity index (χ1v) is 7.50. The van der Waals surface area contributed by atoms with Gasteiger partial charge in [0.05, 0.1) is 0 Å². The molecular formula is C9H19F3N4O2S. The first-order chi connectivity index (χ1) is 8.76. The predicted octanol–water partition coefficient (Wildman–Crippen LogP) is -0.734. The molecule has 1 rings (SSSR count). The van der Waals surface area contributed by atoms with E-state index in [1.165, 1.54) is 4.90 Å². The van der Waals surface area contributed by atoms with Gasteiger partial charge in [-0.15, -0.1) is 0 Å². The second-order valence-electron chi connectivity index (χ2n) is 4.19. The number of hydrogen-bond acceptors (Lipinski definition) is 4. The molecule has 1 heterocycles. The van der Waals surface area contributed by atoms with Gasteiger partial charge in [0, 0.05) is 39.3 Å². The van der Waals surface area contributed by atoms with Crippen LogP contribution in [-0.4, -0.2) is 64.8 Å². The highest BCUT2D eigenvalue weighted by atomic mass is 32.2. The highest BCUT2D eigenvalue weighted by Gasteiger charge is 2.44. The van der Waals surface area contributed by atoms with E-state index in [0.717, 1.165) is 0 Å². The van der Waals surface area contributed by atoms with Crippen molar-refractivity contribution in [2.75, 3.05) is 39.3 Å². The van der Waals surface area contributed by atoms with Crippen molar-refractivity contribution in [1.29, 1.82) is 0 Å². The lowest BCUT2D eigenvalue weighted by Crippen LogP contribution is -2.58. The number of nitrogens with one attached hydrogen (secondary N) is 3. The Hall–Kier alpha value is -0.420. The van der Waals surface area contributed by atoms with Crippen molar-refractivity contribution < 1.29 is 21.6 Å². The molecule has 1 fully saturated rings. The maximum absolute atomic E-state index is 12.9. The average Bonchev–Trinajstić information content (AvgIpc) is 2.28. The molecule has 19 heavy (non-hydrogen) atoms. The minimum absolute atomic E-state index is 0.125. The molecule has 0 bridgehead atoms. The molecule has 0 aromatic rings. The summed E-state index contributed by atoms with van der Waals surface area (Å²) in [6, 6.07) is -1.80. The van der Waals surface area contributed by atoms with E-state index in [2.05, 4.69) is 10.0 Å². The summed E-state index contributed by atoms with van der Waals surface area (Å²) in [7, 11) is -3.87. The third-order valence-electron chi connectivity index (χ3n) is 2.77. The van der Waals surface area contributed by atoms with E-state index in [9.17, 15) is 21.6 Å². The Morgan fingerprint density at radius 2 is 1.84 bits per heavy atom. The van der Waals surface area contributed by atoms with Gasteiger partial charge in [-0.05, 0) is 0 Å². The number of nitrogens with zero attached hydrogens (tertiary/aromatic N) is 1. The minimum Gasteiger partial charge on any atom is -0.314 e. The fourth-order valence-corrected chi connectivity index (χ4v) is 2.73. The Morgan fingerprint density at radius 3 is 2.32 bits per heavy atom. The number of hydrogen-bond donors (Lipinski definition) is 3. The molecule has 3 N–H and O–H groups in total. The van der Waals surface area contributed by atoms with Crippen molar-refractivity contribution in [3.8, 4) is 0 Å². The molecule has 1 atom stereocenters. The van der Waals surface area contributed by atoms with Crippen molar-refractivity contribution in [3.63, 3.8) is 0 Å². The quantitative estimate of drug-likeness (QED) is 0.605. The van der Waals surface area contributed by atoms with E-state index >= 15 is 0 Å². The van der Waals surface area contributed by atoms with E-state index < -0.39 is 29.0 Å². The van der Waals surface area contributed by atoms with Crippen molar-refractivity contribution >= 4 is 10.2 Å². The molecule has 0 aromatic carbocycles. The minimum atomic E-state index is -4.47. The molecule has 6 nitrogen and oxygen atoms in total. The lowest BCUT2D eigenvalue weighted by Gasteiger charge is -2.35. The second kappa shape index (κ2) is 6.84. The number of halogens is 3. The fraction of sp³-hybridized carbons (Fsp3) is 1.00. The summed E-state index contributed by atoms with van der Waals surface area (Å²) in [6.45, 7) is 2.41. The van der Waals surface area contributed by atoms with Crippen LogP contribution < -0.4 is 14.8 Å². The Labute approximate surface area is 110 Å². The smallest absolute Gasteiger partial charge is 0.314 e. The lowest BCUT2D eigenvalue weighted by molar-refractivity contribution is -0.182. The van der Waals surface area contributed by atoms with Crippen LogP contribution in [-0.2, 0) is 10.2 Å². The van der Waals surface area contributed by atoms with Gasteiger partial charge < -0.3 is 5.32 Å². The van der Waals surface area contributed by atoms with Crippen molar-refractivity contribution in [1.82, 2.24) is 19.7 Å². The number of piperazine rings is 1. The maximum atomic E-state index is 12.9. The van der Waals surface area contributed by atoms with Crippen LogP contribution in [0.3, 0.4) is 0 Å². The van der Waals surface area contributed by atoms with Gasteiger partial charge in [-0.2, -0.15) is 21.6 Å². The van der Waals surface area contributed by atoms with Crippen LogP contribution in [0.15, 0.2) is 0 Å². The summed E-state index contributed by atoms with van der Waals surface area (Å²) in [5.41, 5.74) is 0. The predicted molar refractivity (Wildman–Crippen MR) is 64.9 cm³/mol. The molecule has 0 aliphatic carbocycles. The second-order valence-corrected chi connectivity index (χ2v) is 5.78. The third kappa shape index (κ3) is 5.61. The monoisotopic (exact) mass is 304 g/mol. The van der Waals surface area contributed by atoms with E-state index in [1.807, 2.05) is 4.72 Å². The molecular weight excluding hydrogens is 285 g/mol. The maximum Gasteiger partial charge on any atom is 0.405 e. The standard InChI is InChI=1S/C9H19F3N4O2S/c1-2-14-19(17,18)15-7-8(9(10,11)12)16-5-3-13-4-6-16/h8,13-15H,2-7H2,1H3. The first-order valence-electron chi connectivity index (χ1n) is 6.02. The molecule has 1 aliphatic heterocycles. The molecule has 10 heteroatoms. The van der Waals surface area contributed by atoms with Gasteiger partial charge in [0.1, 0.15) is 6.04 Å². The zero-order valence-corrected chi connectivity index (χ0v) is 11.4. The van der Waals surface area contributed by atoms with Crippen LogP contribution in [0, 0.1) is 0 Å². The van der Waals surface area contributed by atoms with Gasteiger partial charge in [0.25, 0.3) is 10.2 Å². The topological polar surface area (TPSA) is 73.5 Å². The SMILES string of the molecule is CCNS(=O)(=O)NCC(N1CCNCC1)C(F)(F)F. The summed E-state index contributed by atoms with van der Waals surface area (Å²) in [4.78, 5) is 1.24. The van der Waals surface area contributed by atoms with Gasteiger partial charge in [0.15, 0.2) is 0 Å². The van der Waals surface area contributed by atoms with E-state index in [0.29, 0.717) is 13.1 Å². The molecule has 1 unspecified atom stereocenters. The Balaban J connectivity index is 2.65. The Morgan fingerprint density at radius 1 is 1.26 bits per heavy atom. The zero-order valence-electron chi connectivity index (χ0n) is 10.6. The van der Waals surface area contributed by atoms with Gasteiger partial charge in [-0.25, -0.2) is 9.44 Å². The van der Waals surface area contributed by atoms with Crippen molar-refractivity contribution in [3.05, 3.63) is 0 Å². The summed E-state index contributed by atoms with van der Waals surface area (Å²) < 4.78 is 65.5. The van der Waals surface area contributed by atoms with Crippen LogP contribution in [0.1, 0.15) is 6.92 Å². The van der Waals surface area contributed by atoms with E-state index in [-0.39, 0.29) is 19.6 Å². The normalized spacial score (nSPS) is 20.4. The first kappa shape index (κ1) is 16.6. The summed E-state index contributed by atoms with van der Waals surface area (Å²) >= 11 is 0. The van der Waals surface area contributed by atoms with Crippen LogP contribution in [0.2, 0.25) is 0 Å². The van der Waals surface area contributed by atoms with Crippen LogP contribution in [0.5, 0.6) is 0 Å². The molecule has 0 radical (unpaired) electrons. The molecule has 1 saturated heterocycles. The van der Waals surface area contributed by atoms with Gasteiger partial charge >= 0.3 is 6.18 Å². The largest absolute Gasteiger partial charge is 0.405 e. The summed E-state index contributed by atoms with van der Waals surface area (Å²) in [6.07, 6.45) is -4.47. The van der Waals surface area contributed by atoms with Crippen LogP contribution in [0.25, 0.3) is 0 Å². The molecule has 0 aromatic heterocycles. The summed E-state index contributed by atoms with van der Waals surface area (Å²) in [5.74, 6) is 0. The average molecular weight is 304 g/mol. The van der Waals surface area contributed by atoms with Crippen LogP contribution >= 0.6 is 0 Å². The molecule has 0 amide bonds. The fourth-order valence-electron chi connectivity index (χ4n) is 1.88. The van der Waals surface area contributed by atoms with Gasteiger partial charge in [-0.3, -0.25) is 4.90 Å². The highest BCUT2D eigenvalue weighted by molar-refractivity contribution is 7.87. The van der Waals surface area contributed by atoms with E-state index in [1.54, 1.807) is 6.92 Å². The van der Waals surface area contributed by atoms with Crippen molar-refractivity contribution in [2.45, 2.75) is 19.1 Å². The van der Waals surface area contributed by atoms with Crippen molar-refractivity contribution in [2.24, 2.45) is 0 Å². The molecule has 114 valence electrons. The number of rotatable bonds is 6. The van der Waals surface area contributed by atoms with Gasteiger partial charge in [-0.1, -0.05) is 6.92 Å². The third-order valence-corrected chi connectivity index (χ3v) is 3.99.